The second-order valence-corrected chi connectivity index (χ2v) is 4.41. The highest BCUT2D eigenvalue weighted by Gasteiger charge is 2.17. The molecule has 2 rings (SSSR count). The van der Waals surface area contributed by atoms with Gasteiger partial charge in [0.15, 0.2) is 11.6 Å². The highest BCUT2D eigenvalue weighted by atomic mass is 19.2. The van der Waals surface area contributed by atoms with Crippen molar-refractivity contribution in [2.45, 2.75) is 26.7 Å². The molecule has 1 aromatic carbocycles. The Balaban J connectivity index is 2.56. The maximum Gasteiger partial charge on any atom is 0.186 e. The van der Waals surface area contributed by atoms with Gasteiger partial charge in [-0.2, -0.15) is 0 Å². The van der Waals surface area contributed by atoms with E-state index in [0.717, 1.165) is 6.07 Å². The number of nitrogens with zero attached hydrogens (tertiary/aromatic N) is 1. The van der Waals surface area contributed by atoms with Crippen molar-refractivity contribution < 1.29 is 8.78 Å². The fourth-order valence-electron chi connectivity index (χ4n) is 1.57. The highest BCUT2D eigenvalue weighted by Crippen LogP contribution is 2.25. The molecule has 1 aromatic heterocycles. The second-order valence-electron chi connectivity index (χ2n) is 4.41. The number of rotatable bonds is 2. The van der Waals surface area contributed by atoms with Crippen LogP contribution in [0.15, 0.2) is 12.1 Å². The van der Waals surface area contributed by atoms with Gasteiger partial charge in [-0.05, 0) is 18.1 Å². The minimum Gasteiger partial charge on any atom is -0.342 e. The van der Waals surface area contributed by atoms with Crippen LogP contribution in [-0.4, -0.2) is 9.97 Å². The number of hydrogen-bond acceptors (Lipinski definition) is 1. The summed E-state index contributed by atoms with van der Waals surface area (Å²) >= 11 is 0. The molecule has 0 bridgehead atoms. The summed E-state index contributed by atoms with van der Waals surface area (Å²) in [5.41, 5.74) is 0.629. The third-order valence-corrected chi connectivity index (χ3v) is 3.00. The van der Waals surface area contributed by atoms with Crippen molar-refractivity contribution >= 4 is 11.0 Å². The topological polar surface area (TPSA) is 28.7 Å². The molecule has 1 N–H and O–H groups in total. The molecule has 0 aliphatic heterocycles. The summed E-state index contributed by atoms with van der Waals surface area (Å²) in [5.74, 6) is -0.448. The number of fused-ring (bicyclic) bond motifs is 1. The molecule has 0 saturated heterocycles. The molecule has 1 heterocycles. The number of benzene rings is 1. The van der Waals surface area contributed by atoms with Gasteiger partial charge in [0, 0.05) is 5.92 Å². The third kappa shape index (κ3) is 1.68. The van der Waals surface area contributed by atoms with E-state index in [9.17, 15) is 8.78 Å². The molecule has 86 valence electrons. The van der Waals surface area contributed by atoms with Crippen LogP contribution in [0.1, 0.15) is 32.5 Å². The lowest BCUT2D eigenvalue weighted by Gasteiger charge is -2.11. The molecule has 2 nitrogen and oxygen atoms in total. The largest absolute Gasteiger partial charge is 0.342 e. The third-order valence-electron chi connectivity index (χ3n) is 3.00. The van der Waals surface area contributed by atoms with E-state index in [2.05, 4.69) is 23.8 Å². The zero-order valence-electron chi connectivity index (χ0n) is 9.51. The number of imidazole rings is 1. The first-order valence-electron chi connectivity index (χ1n) is 5.34. The van der Waals surface area contributed by atoms with Crippen molar-refractivity contribution in [3.8, 4) is 0 Å². The van der Waals surface area contributed by atoms with Gasteiger partial charge in [-0.1, -0.05) is 20.8 Å². The second kappa shape index (κ2) is 3.85. The number of aromatic amines is 1. The minimum absolute atomic E-state index is 0.0856. The summed E-state index contributed by atoms with van der Waals surface area (Å²) in [5, 5.41) is 0. The molecule has 16 heavy (non-hydrogen) atoms. The Morgan fingerprint density at radius 2 is 1.88 bits per heavy atom. The molecule has 2 aromatic rings. The van der Waals surface area contributed by atoms with Gasteiger partial charge < -0.3 is 4.98 Å². The van der Waals surface area contributed by atoms with Crippen LogP contribution in [0.25, 0.3) is 11.0 Å². The maximum absolute atomic E-state index is 13.4. The molecule has 0 fully saturated rings. The summed E-state index contributed by atoms with van der Waals surface area (Å²) in [6.45, 7) is 6.14. The summed E-state index contributed by atoms with van der Waals surface area (Å²) in [4.78, 5) is 7.15. The van der Waals surface area contributed by atoms with Crippen molar-refractivity contribution in [3.63, 3.8) is 0 Å². The van der Waals surface area contributed by atoms with E-state index in [0.29, 0.717) is 17.3 Å². The quantitative estimate of drug-likeness (QED) is 0.829. The van der Waals surface area contributed by atoms with Gasteiger partial charge in [0.25, 0.3) is 0 Å². The van der Waals surface area contributed by atoms with Gasteiger partial charge in [0.05, 0.1) is 5.52 Å². The predicted octanol–water partition coefficient (Wildman–Crippen LogP) is 3.60. The van der Waals surface area contributed by atoms with E-state index >= 15 is 0 Å². The molecule has 0 amide bonds. The van der Waals surface area contributed by atoms with Crippen LogP contribution in [0.5, 0.6) is 0 Å². The van der Waals surface area contributed by atoms with Gasteiger partial charge in [-0.15, -0.1) is 0 Å². The average molecular weight is 224 g/mol. The van der Waals surface area contributed by atoms with Crippen LogP contribution in [0.4, 0.5) is 8.78 Å². The van der Waals surface area contributed by atoms with E-state index in [4.69, 9.17) is 0 Å². The number of halogens is 2. The SMILES string of the molecule is CC(C)C(C)c1nc2c(F)c(F)ccc2[nH]1. The van der Waals surface area contributed by atoms with Crippen LogP contribution in [-0.2, 0) is 0 Å². The number of H-pyrrole nitrogens is 1. The Morgan fingerprint density at radius 1 is 1.19 bits per heavy atom. The molecular weight excluding hydrogens is 210 g/mol. The number of aromatic nitrogens is 2. The summed E-state index contributed by atoms with van der Waals surface area (Å²) in [6.07, 6.45) is 0. The van der Waals surface area contributed by atoms with Crippen molar-refractivity contribution in [1.29, 1.82) is 0 Å². The summed E-state index contributed by atoms with van der Waals surface area (Å²) in [6, 6.07) is 2.62. The molecular formula is C12H14F2N2. The normalized spacial score (nSPS) is 13.6. The van der Waals surface area contributed by atoms with Crippen molar-refractivity contribution in [2.75, 3.05) is 0 Å². The Hall–Kier alpha value is -1.45. The lowest BCUT2D eigenvalue weighted by molar-refractivity contribution is 0.509. The standard InChI is InChI=1S/C12H14F2N2/c1-6(2)7(3)12-15-9-5-4-8(13)10(14)11(9)16-12/h4-7H,1-3H3,(H,15,16). The predicted molar refractivity (Wildman–Crippen MR) is 59.3 cm³/mol. The Kier molecular flexibility index (Phi) is 2.66. The minimum atomic E-state index is -0.879. The summed E-state index contributed by atoms with van der Waals surface area (Å²) < 4.78 is 26.4. The molecule has 4 heteroatoms. The lowest BCUT2D eigenvalue weighted by Crippen LogP contribution is -2.03. The number of nitrogens with one attached hydrogen (secondary N) is 1. The monoisotopic (exact) mass is 224 g/mol. The van der Waals surface area contributed by atoms with Crippen LogP contribution in [0.2, 0.25) is 0 Å². The smallest absolute Gasteiger partial charge is 0.186 e. The first-order chi connectivity index (χ1) is 7.50. The fraction of sp³-hybridized carbons (Fsp3) is 0.417. The maximum atomic E-state index is 13.4. The van der Waals surface area contributed by atoms with Gasteiger partial charge >= 0.3 is 0 Å². The molecule has 0 aliphatic carbocycles. The Morgan fingerprint density at radius 3 is 2.50 bits per heavy atom. The van der Waals surface area contributed by atoms with Crippen molar-refractivity contribution in [1.82, 2.24) is 9.97 Å². The first kappa shape index (κ1) is 11.0. The van der Waals surface area contributed by atoms with Crippen molar-refractivity contribution in [2.24, 2.45) is 5.92 Å². The van der Waals surface area contributed by atoms with Gasteiger partial charge in [-0.25, -0.2) is 13.8 Å². The van der Waals surface area contributed by atoms with Gasteiger partial charge in [0.1, 0.15) is 11.3 Å². The van der Waals surface area contributed by atoms with E-state index < -0.39 is 11.6 Å². The number of hydrogen-bond donors (Lipinski definition) is 1. The molecule has 0 radical (unpaired) electrons. The van der Waals surface area contributed by atoms with E-state index in [-0.39, 0.29) is 11.4 Å². The zero-order chi connectivity index (χ0) is 11.9. The van der Waals surface area contributed by atoms with E-state index in [1.54, 1.807) is 0 Å². The lowest BCUT2D eigenvalue weighted by atomic mass is 9.98. The molecule has 0 spiro atoms. The Bertz CT molecular complexity index is 517. The average Bonchev–Trinajstić information content (AvgIpc) is 2.67. The van der Waals surface area contributed by atoms with Gasteiger partial charge in [-0.3, -0.25) is 0 Å². The van der Waals surface area contributed by atoms with Gasteiger partial charge in [0.2, 0.25) is 0 Å². The van der Waals surface area contributed by atoms with Crippen LogP contribution < -0.4 is 0 Å². The van der Waals surface area contributed by atoms with E-state index in [1.165, 1.54) is 6.07 Å². The molecule has 1 atom stereocenters. The highest BCUT2D eigenvalue weighted by molar-refractivity contribution is 5.75. The zero-order valence-corrected chi connectivity index (χ0v) is 9.51. The van der Waals surface area contributed by atoms with Crippen LogP contribution in [0.3, 0.4) is 0 Å². The molecule has 1 unspecified atom stereocenters. The van der Waals surface area contributed by atoms with Crippen LogP contribution in [0, 0.1) is 17.6 Å². The van der Waals surface area contributed by atoms with Crippen LogP contribution >= 0.6 is 0 Å². The Labute approximate surface area is 92.7 Å². The van der Waals surface area contributed by atoms with E-state index in [1.807, 2.05) is 6.92 Å². The van der Waals surface area contributed by atoms with Crippen molar-refractivity contribution in [3.05, 3.63) is 29.6 Å². The molecule has 0 aliphatic rings. The summed E-state index contributed by atoms with van der Waals surface area (Å²) in [7, 11) is 0. The fourth-order valence-corrected chi connectivity index (χ4v) is 1.57. The molecule has 0 saturated carbocycles. The first-order valence-corrected chi connectivity index (χ1v) is 5.34.